The van der Waals surface area contributed by atoms with Crippen molar-refractivity contribution in [2.24, 2.45) is 4.99 Å². The molecule has 0 saturated heterocycles. The van der Waals surface area contributed by atoms with E-state index in [-0.39, 0.29) is 11.6 Å². The second kappa shape index (κ2) is 12.7. The van der Waals surface area contributed by atoms with Crippen molar-refractivity contribution >= 4 is 6.02 Å². The van der Waals surface area contributed by atoms with Gasteiger partial charge in [-0.05, 0) is 48.5 Å². The van der Waals surface area contributed by atoms with E-state index in [9.17, 15) is 0 Å². The van der Waals surface area contributed by atoms with Crippen LogP contribution in [0.5, 0.6) is 0 Å². The number of rotatable bonds is 2. The molecule has 0 aromatic carbocycles. The summed E-state index contributed by atoms with van der Waals surface area (Å²) in [4.78, 5) is 4.39. The van der Waals surface area contributed by atoms with Crippen molar-refractivity contribution in [2.45, 2.75) is 93.8 Å². The molecule has 0 aliphatic heterocycles. The van der Waals surface area contributed by atoms with Crippen LogP contribution < -0.4 is 5.32 Å². The second-order valence-corrected chi connectivity index (χ2v) is 5.04. The zero-order valence-corrected chi connectivity index (χ0v) is 14.5. The molecule has 0 spiro atoms. The van der Waals surface area contributed by atoms with Crippen LogP contribution in [0.1, 0.15) is 76.2 Å². The van der Waals surface area contributed by atoms with E-state index in [1.165, 1.54) is 0 Å². The van der Waals surface area contributed by atoms with Crippen LogP contribution in [0.15, 0.2) is 4.99 Å². The molecule has 0 radical (unpaired) electrons. The number of nitrogens with zero attached hydrogens (tertiary/aromatic N) is 1. The van der Waals surface area contributed by atoms with Crippen LogP contribution in [-0.2, 0) is 4.74 Å². The third kappa shape index (κ3) is 20.7. The van der Waals surface area contributed by atoms with Gasteiger partial charge in [-0.3, -0.25) is 0 Å². The summed E-state index contributed by atoms with van der Waals surface area (Å²) in [6.45, 7) is 22.3. The summed E-state index contributed by atoms with van der Waals surface area (Å²) in [5.41, 5.74) is -0.199. The van der Waals surface area contributed by atoms with Crippen LogP contribution in [0.25, 0.3) is 0 Å². The van der Waals surface area contributed by atoms with Crippen LogP contribution >= 0.6 is 0 Å². The normalized spacial score (nSPS) is 11.3. The highest BCUT2D eigenvalue weighted by molar-refractivity contribution is 5.74. The van der Waals surface area contributed by atoms with Gasteiger partial charge in [0.1, 0.15) is 5.60 Å². The van der Waals surface area contributed by atoms with Crippen LogP contribution in [0.2, 0.25) is 0 Å². The Bertz CT molecular complexity index is 191. The highest BCUT2D eigenvalue weighted by atomic mass is 16.5. The van der Waals surface area contributed by atoms with Crippen molar-refractivity contribution in [2.75, 3.05) is 0 Å². The molecule has 1 N–H and O–H groups in total. The van der Waals surface area contributed by atoms with Gasteiger partial charge in [-0.1, -0.05) is 27.7 Å². The monoisotopic (exact) mass is 260 g/mol. The van der Waals surface area contributed by atoms with Gasteiger partial charge in [0, 0.05) is 12.1 Å². The predicted octanol–water partition coefficient (Wildman–Crippen LogP) is 4.62. The fraction of sp³-hybridized carbons (Fsp3) is 0.933. The molecule has 3 heteroatoms. The van der Waals surface area contributed by atoms with Crippen LogP contribution in [0.4, 0.5) is 0 Å². The molecule has 0 aliphatic carbocycles. The Hall–Kier alpha value is -0.730. The number of amidine groups is 1. The lowest BCUT2D eigenvalue weighted by Gasteiger charge is -2.24. The van der Waals surface area contributed by atoms with Gasteiger partial charge in [0.25, 0.3) is 6.02 Å². The van der Waals surface area contributed by atoms with Crippen molar-refractivity contribution in [3.63, 3.8) is 0 Å². The number of ether oxygens (including phenoxy) is 1. The summed E-state index contributed by atoms with van der Waals surface area (Å²) in [6, 6.07) is 1.23. The van der Waals surface area contributed by atoms with E-state index in [2.05, 4.69) is 24.2 Å². The average molecular weight is 260 g/mol. The molecule has 112 valence electrons. The Morgan fingerprint density at radius 3 is 1.56 bits per heavy atom. The fourth-order valence-corrected chi connectivity index (χ4v) is 0.865. The van der Waals surface area contributed by atoms with Gasteiger partial charge in [-0.15, -0.1) is 0 Å². The van der Waals surface area contributed by atoms with Crippen LogP contribution in [0, 0.1) is 0 Å². The topological polar surface area (TPSA) is 33.6 Å². The fourth-order valence-electron chi connectivity index (χ4n) is 0.865. The highest BCUT2D eigenvalue weighted by Crippen LogP contribution is 2.07. The number of hydrogen-bond donors (Lipinski definition) is 1. The molecular weight excluding hydrogens is 224 g/mol. The van der Waals surface area contributed by atoms with Gasteiger partial charge in [-0.2, -0.15) is 0 Å². The molecule has 0 amide bonds. The number of nitrogens with one attached hydrogen (secondary N) is 1. The van der Waals surface area contributed by atoms with Crippen molar-refractivity contribution in [1.82, 2.24) is 5.32 Å². The van der Waals surface area contributed by atoms with E-state index in [1.54, 1.807) is 0 Å². The minimum Gasteiger partial charge on any atom is -0.460 e. The quantitative estimate of drug-likeness (QED) is 0.581. The molecular formula is C15H36N2O. The van der Waals surface area contributed by atoms with E-state index in [1.807, 2.05) is 62.3 Å². The van der Waals surface area contributed by atoms with Crippen molar-refractivity contribution in [3.05, 3.63) is 0 Å². The van der Waals surface area contributed by atoms with E-state index in [0.717, 1.165) is 0 Å². The Balaban J connectivity index is -0.000000506. The van der Waals surface area contributed by atoms with Gasteiger partial charge in [0.05, 0.1) is 0 Å². The largest absolute Gasteiger partial charge is 0.460 e. The maximum absolute atomic E-state index is 5.70. The minimum atomic E-state index is -0.199. The molecule has 0 rings (SSSR count). The standard InChI is InChI=1S/C11H24N2O.2C2H6/c1-8(2)12-10(13-9(3)4)14-11(5,6)7;2*1-2/h8-9H,1-7H3,(H,12,13);2*1-2H3. The molecule has 0 fully saturated rings. The number of aliphatic imine (C=N–C) groups is 1. The zero-order chi connectivity index (χ0) is 15.4. The third-order valence-electron chi connectivity index (χ3n) is 1.19. The third-order valence-corrected chi connectivity index (χ3v) is 1.19. The summed E-state index contributed by atoms with van der Waals surface area (Å²) in [5.74, 6) is 0. The van der Waals surface area contributed by atoms with E-state index >= 15 is 0 Å². The maximum Gasteiger partial charge on any atom is 0.285 e. The lowest BCUT2D eigenvalue weighted by atomic mass is 10.2. The van der Waals surface area contributed by atoms with Crippen LogP contribution in [0.3, 0.4) is 0 Å². The molecule has 0 saturated carbocycles. The lowest BCUT2D eigenvalue weighted by Crippen LogP contribution is -2.38. The molecule has 18 heavy (non-hydrogen) atoms. The predicted molar refractivity (Wildman–Crippen MR) is 84.4 cm³/mol. The molecule has 3 nitrogen and oxygen atoms in total. The van der Waals surface area contributed by atoms with Gasteiger partial charge in [0.2, 0.25) is 0 Å². The maximum atomic E-state index is 5.70. The molecule has 0 atom stereocenters. The smallest absolute Gasteiger partial charge is 0.285 e. The summed E-state index contributed by atoms with van der Waals surface area (Å²) >= 11 is 0. The van der Waals surface area contributed by atoms with E-state index in [0.29, 0.717) is 12.1 Å². The second-order valence-electron chi connectivity index (χ2n) is 5.04. The molecule has 0 bridgehead atoms. The van der Waals surface area contributed by atoms with Crippen molar-refractivity contribution < 1.29 is 4.74 Å². The Morgan fingerprint density at radius 1 is 0.944 bits per heavy atom. The lowest BCUT2D eigenvalue weighted by molar-refractivity contribution is 0.106. The van der Waals surface area contributed by atoms with E-state index in [4.69, 9.17) is 4.74 Å². The number of hydrogen-bond acceptors (Lipinski definition) is 2. The molecule has 0 heterocycles. The summed E-state index contributed by atoms with van der Waals surface area (Å²) in [6.07, 6.45) is 0. The van der Waals surface area contributed by atoms with Gasteiger partial charge in [0.15, 0.2) is 0 Å². The molecule has 0 aromatic heterocycles. The van der Waals surface area contributed by atoms with Crippen molar-refractivity contribution in [1.29, 1.82) is 0 Å². The Morgan fingerprint density at radius 2 is 1.33 bits per heavy atom. The molecule has 0 unspecified atom stereocenters. The highest BCUT2D eigenvalue weighted by Gasteiger charge is 2.15. The van der Waals surface area contributed by atoms with Crippen molar-refractivity contribution in [3.8, 4) is 0 Å². The van der Waals surface area contributed by atoms with E-state index < -0.39 is 0 Å². The Labute approximate surface area is 115 Å². The zero-order valence-electron chi connectivity index (χ0n) is 14.5. The van der Waals surface area contributed by atoms with Gasteiger partial charge >= 0.3 is 0 Å². The first-order chi connectivity index (χ1) is 8.20. The van der Waals surface area contributed by atoms with Crippen LogP contribution in [-0.4, -0.2) is 23.7 Å². The summed E-state index contributed by atoms with van der Waals surface area (Å²) < 4.78 is 5.70. The van der Waals surface area contributed by atoms with Gasteiger partial charge in [-0.25, -0.2) is 4.99 Å². The average Bonchev–Trinajstić information content (AvgIpc) is 2.19. The SMILES string of the molecule is CC.CC.CC(C)N=C(NC(C)C)OC(C)(C)C. The van der Waals surface area contributed by atoms with Gasteiger partial charge < -0.3 is 10.1 Å². The Kier molecular flexibility index (Phi) is 15.9. The molecule has 0 aliphatic rings. The minimum absolute atomic E-state index is 0.199. The first-order valence-corrected chi connectivity index (χ1v) is 7.24. The first-order valence-electron chi connectivity index (χ1n) is 7.24. The summed E-state index contributed by atoms with van der Waals surface area (Å²) in [7, 11) is 0. The summed E-state index contributed by atoms with van der Waals surface area (Å²) in [5, 5.41) is 3.20. The first kappa shape index (κ1) is 22.5. The molecule has 0 aromatic rings.